The molecule has 0 spiro atoms. The summed E-state index contributed by atoms with van der Waals surface area (Å²) in [5.41, 5.74) is 5.73. The average molecular weight is 257 g/mol. The zero-order valence-corrected chi connectivity index (χ0v) is 10.9. The maximum atomic E-state index is 11.6. The lowest BCUT2D eigenvalue weighted by molar-refractivity contribution is 0.0948. The Bertz CT molecular complexity index is 341. The van der Waals surface area contributed by atoms with Crippen LogP contribution in [-0.2, 0) is 6.54 Å². The van der Waals surface area contributed by atoms with Gasteiger partial charge >= 0.3 is 0 Å². The van der Waals surface area contributed by atoms with Gasteiger partial charge in [0.15, 0.2) is 5.69 Å². The molecule has 1 aromatic rings. The van der Waals surface area contributed by atoms with E-state index in [4.69, 9.17) is 5.73 Å². The van der Waals surface area contributed by atoms with E-state index in [9.17, 15) is 4.79 Å². The van der Waals surface area contributed by atoms with Gasteiger partial charge in [-0.3, -0.25) is 9.48 Å². The van der Waals surface area contributed by atoms with Crippen LogP contribution in [0.4, 0.5) is 0 Å². The Kier molecular flexibility index (Phi) is 6.64. The monoisotopic (exact) mass is 257 g/mol. The molecule has 0 aliphatic heterocycles. The highest BCUT2D eigenvalue weighted by molar-refractivity contribution is 7.98. The maximum absolute atomic E-state index is 11.6. The molecule has 3 N–H and O–H groups in total. The molecule has 17 heavy (non-hydrogen) atoms. The number of amides is 1. The molecule has 0 aliphatic rings. The predicted molar refractivity (Wildman–Crippen MR) is 69.0 cm³/mol. The number of nitrogens with zero attached hydrogens (tertiary/aromatic N) is 3. The maximum Gasteiger partial charge on any atom is 0.273 e. The molecule has 96 valence electrons. The zero-order chi connectivity index (χ0) is 12.5. The fraction of sp³-hybridized carbons (Fsp3) is 0.700. The molecule has 0 bridgehead atoms. The Balaban J connectivity index is 2.26. The summed E-state index contributed by atoms with van der Waals surface area (Å²) in [5, 5.41) is 10.4. The average Bonchev–Trinajstić information content (AvgIpc) is 2.78. The molecule has 1 heterocycles. The van der Waals surface area contributed by atoms with Crippen molar-refractivity contribution < 1.29 is 4.79 Å². The highest BCUT2D eigenvalue weighted by atomic mass is 32.2. The minimum Gasteiger partial charge on any atom is -0.351 e. The van der Waals surface area contributed by atoms with Crippen molar-refractivity contribution in [3.05, 3.63) is 11.9 Å². The molecule has 0 aliphatic carbocycles. The van der Waals surface area contributed by atoms with Crippen LogP contribution < -0.4 is 11.1 Å². The first-order chi connectivity index (χ1) is 8.27. The summed E-state index contributed by atoms with van der Waals surface area (Å²) in [7, 11) is 0. The van der Waals surface area contributed by atoms with Gasteiger partial charge in [-0.2, -0.15) is 11.8 Å². The van der Waals surface area contributed by atoms with Crippen molar-refractivity contribution >= 4 is 17.7 Å². The van der Waals surface area contributed by atoms with Gasteiger partial charge in [0.2, 0.25) is 0 Å². The molecular formula is C10H19N5OS. The lowest BCUT2D eigenvalue weighted by atomic mass is 10.3. The number of carbonyl (C=O) groups excluding carboxylic acids is 1. The SMILES string of the molecule is CSCCCCNC(=O)c1cn(CCN)nn1. The smallest absolute Gasteiger partial charge is 0.273 e. The van der Waals surface area contributed by atoms with E-state index in [1.807, 2.05) is 11.8 Å². The minimum absolute atomic E-state index is 0.169. The summed E-state index contributed by atoms with van der Waals surface area (Å²) in [5.74, 6) is 0.958. The lowest BCUT2D eigenvalue weighted by Gasteiger charge is -2.01. The van der Waals surface area contributed by atoms with Crippen LogP contribution in [0.2, 0.25) is 0 Å². The molecule has 0 unspecified atom stereocenters. The molecule has 0 fully saturated rings. The topological polar surface area (TPSA) is 85.8 Å². The molecule has 1 aromatic heterocycles. The highest BCUT2D eigenvalue weighted by Gasteiger charge is 2.09. The third-order valence-electron chi connectivity index (χ3n) is 2.19. The van der Waals surface area contributed by atoms with E-state index < -0.39 is 0 Å². The van der Waals surface area contributed by atoms with Crippen LogP contribution in [0.15, 0.2) is 6.20 Å². The Morgan fingerprint density at radius 3 is 3.12 bits per heavy atom. The van der Waals surface area contributed by atoms with Crippen LogP contribution in [0, 0.1) is 0 Å². The molecule has 0 saturated heterocycles. The number of hydrogen-bond acceptors (Lipinski definition) is 5. The first kappa shape index (κ1) is 14.0. The highest BCUT2D eigenvalue weighted by Crippen LogP contribution is 1.98. The van der Waals surface area contributed by atoms with Gasteiger partial charge in [0.1, 0.15) is 0 Å². The second kappa shape index (κ2) is 8.08. The molecule has 0 saturated carbocycles. The normalized spacial score (nSPS) is 10.5. The second-order valence-corrected chi connectivity index (χ2v) is 4.60. The number of thioether (sulfide) groups is 1. The van der Waals surface area contributed by atoms with Crippen LogP contribution >= 0.6 is 11.8 Å². The van der Waals surface area contributed by atoms with E-state index in [0.29, 0.717) is 25.3 Å². The van der Waals surface area contributed by atoms with Crippen molar-refractivity contribution in [1.82, 2.24) is 20.3 Å². The van der Waals surface area contributed by atoms with Gasteiger partial charge in [0.05, 0.1) is 12.7 Å². The third kappa shape index (κ3) is 5.18. The number of unbranched alkanes of at least 4 members (excludes halogenated alkanes) is 1. The summed E-state index contributed by atoms with van der Waals surface area (Å²) in [4.78, 5) is 11.6. The first-order valence-electron chi connectivity index (χ1n) is 5.65. The Morgan fingerprint density at radius 1 is 1.59 bits per heavy atom. The quantitative estimate of drug-likeness (QED) is 0.646. The van der Waals surface area contributed by atoms with E-state index in [0.717, 1.165) is 18.6 Å². The summed E-state index contributed by atoms with van der Waals surface area (Å²) in [6.07, 6.45) is 5.79. The van der Waals surface area contributed by atoms with Crippen LogP contribution in [0.25, 0.3) is 0 Å². The van der Waals surface area contributed by atoms with E-state index in [1.54, 1.807) is 10.9 Å². The fourth-order valence-corrected chi connectivity index (χ4v) is 1.80. The van der Waals surface area contributed by atoms with E-state index in [2.05, 4.69) is 21.9 Å². The molecule has 1 amide bonds. The number of carbonyl (C=O) groups is 1. The third-order valence-corrected chi connectivity index (χ3v) is 2.89. The van der Waals surface area contributed by atoms with E-state index >= 15 is 0 Å². The van der Waals surface area contributed by atoms with Crippen molar-refractivity contribution in [2.24, 2.45) is 5.73 Å². The fourth-order valence-electron chi connectivity index (χ4n) is 1.31. The van der Waals surface area contributed by atoms with Crippen molar-refractivity contribution in [2.75, 3.05) is 25.1 Å². The van der Waals surface area contributed by atoms with Crippen LogP contribution in [0.1, 0.15) is 23.3 Å². The number of rotatable bonds is 8. The van der Waals surface area contributed by atoms with Gasteiger partial charge in [-0.1, -0.05) is 5.21 Å². The number of aromatic nitrogens is 3. The van der Waals surface area contributed by atoms with Crippen molar-refractivity contribution in [2.45, 2.75) is 19.4 Å². The van der Waals surface area contributed by atoms with Crippen LogP contribution in [-0.4, -0.2) is 46.0 Å². The minimum atomic E-state index is -0.169. The molecule has 0 aromatic carbocycles. The van der Waals surface area contributed by atoms with Crippen molar-refractivity contribution in [3.8, 4) is 0 Å². The zero-order valence-electron chi connectivity index (χ0n) is 10.1. The summed E-state index contributed by atoms with van der Waals surface area (Å²) in [6.45, 7) is 1.75. The van der Waals surface area contributed by atoms with E-state index in [-0.39, 0.29) is 5.91 Å². The summed E-state index contributed by atoms with van der Waals surface area (Å²) >= 11 is 1.82. The van der Waals surface area contributed by atoms with Gasteiger partial charge in [0.25, 0.3) is 5.91 Å². The molecular weight excluding hydrogens is 238 g/mol. The Hall–Kier alpha value is -1.08. The Morgan fingerprint density at radius 2 is 2.41 bits per heavy atom. The summed E-state index contributed by atoms with van der Waals surface area (Å²) < 4.78 is 1.57. The van der Waals surface area contributed by atoms with Gasteiger partial charge in [-0.15, -0.1) is 5.10 Å². The molecule has 7 heteroatoms. The van der Waals surface area contributed by atoms with Gasteiger partial charge in [-0.25, -0.2) is 0 Å². The van der Waals surface area contributed by atoms with Crippen LogP contribution in [0.5, 0.6) is 0 Å². The number of nitrogens with one attached hydrogen (secondary N) is 1. The van der Waals surface area contributed by atoms with Gasteiger partial charge < -0.3 is 11.1 Å². The van der Waals surface area contributed by atoms with Crippen molar-refractivity contribution in [1.29, 1.82) is 0 Å². The first-order valence-corrected chi connectivity index (χ1v) is 7.04. The van der Waals surface area contributed by atoms with Crippen LogP contribution in [0.3, 0.4) is 0 Å². The van der Waals surface area contributed by atoms with Gasteiger partial charge in [0, 0.05) is 13.1 Å². The molecule has 6 nitrogen and oxygen atoms in total. The van der Waals surface area contributed by atoms with Gasteiger partial charge in [-0.05, 0) is 24.9 Å². The Labute approximate surface area is 105 Å². The predicted octanol–water partition coefficient (Wildman–Crippen LogP) is 0.110. The van der Waals surface area contributed by atoms with E-state index in [1.165, 1.54) is 0 Å². The lowest BCUT2D eigenvalue weighted by Crippen LogP contribution is -2.24. The standard InChI is InChI=1S/C10H19N5OS/c1-17-7-3-2-5-12-10(16)9-8-15(6-4-11)14-13-9/h8H,2-7,11H2,1H3,(H,12,16). The molecule has 0 atom stereocenters. The number of hydrogen-bond donors (Lipinski definition) is 2. The van der Waals surface area contributed by atoms with Crippen molar-refractivity contribution in [3.63, 3.8) is 0 Å². The molecule has 0 radical (unpaired) electrons. The molecule has 1 rings (SSSR count). The largest absolute Gasteiger partial charge is 0.351 e. The number of nitrogens with two attached hydrogens (primary N) is 1. The second-order valence-electron chi connectivity index (χ2n) is 3.61. The summed E-state index contributed by atoms with van der Waals surface area (Å²) in [6, 6.07) is 0.